The van der Waals surface area contributed by atoms with Crippen LogP contribution in [-0.2, 0) is 10.8 Å². The molecular weight excluding hydrogens is 218 g/mol. The Bertz CT molecular complexity index is 324. The van der Waals surface area contributed by atoms with Crippen molar-refractivity contribution in [3.05, 3.63) is 35.9 Å². The number of benzene rings is 1. The molecule has 0 aliphatic heterocycles. The van der Waals surface area contributed by atoms with Gasteiger partial charge >= 0.3 is 0 Å². The first-order valence-corrected chi connectivity index (χ1v) is 7.22. The van der Waals surface area contributed by atoms with Crippen LogP contribution in [0.2, 0.25) is 0 Å². The third kappa shape index (κ3) is 4.45. The van der Waals surface area contributed by atoms with Gasteiger partial charge < -0.3 is 5.73 Å². The molecule has 16 heavy (non-hydrogen) atoms. The van der Waals surface area contributed by atoms with E-state index in [0.29, 0.717) is 18.2 Å². The monoisotopic (exact) mass is 239 g/mol. The molecule has 0 aromatic heterocycles. The van der Waals surface area contributed by atoms with Gasteiger partial charge in [0.25, 0.3) is 0 Å². The fourth-order valence-corrected chi connectivity index (χ4v) is 3.35. The average Bonchev–Trinajstić information content (AvgIpc) is 2.26. The van der Waals surface area contributed by atoms with Gasteiger partial charge in [0.1, 0.15) is 0 Å². The van der Waals surface area contributed by atoms with E-state index in [1.807, 2.05) is 18.2 Å². The van der Waals surface area contributed by atoms with E-state index in [0.717, 1.165) is 5.75 Å². The third-order valence-corrected chi connectivity index (χ3v) is 4.27. The Balaban J connectivity index is 2.59. The van der Waals surface area contributed by atoms with E-state index in [1.54, 1.807) is 0 Å². The molecule has 0 bridgehead atoms. The highest BCUT2D eigenvalue weighted by molar-refractivity contribution is 7.85. The maximum atomic E-state index is 11.9. The van der Waals surface area contributed by atoms with E-state index < -0.39 is 10.8 Å². The van der Waals surface area contributed by atoms with E-state index in [2.05, 4.69) is 26.0 Å². The fourth-order valence-electron chi connectivity index (χ4n) is 1.69. The highest BCUT2D eigenvalue weighted by Gasteiger charge is 2.13. The second kappa shape index (κ2) is 6.81. The van der Waals surface area contributed by atoms with E-state index in [-0.39, 0.29) is 5.92 Å². The van der Waals surface area contributed by atoms with E-state index >= 15 is 0 Å². The summed E-state index contributed by atoms with van der Waals surface area (Å²) in [6, 6.07) is 10.1. The summed E-state index contributed by atoms with van der Waals surface area (Å²) in [5.41, 5.74) is 6.95. The lowest BCUT2D eigenvalue weighted by atomic mass is 10.0. The zero-order chi connectivity index (χ0) is 12.0. The number of hydrogen-bond acceptors (Lipinski definition) is 2. The van der Waals surface area contributed by atoms with Crippen LogP contribution >= 0.6 is 0 Å². The fraction of sp³-hybridized carbons (Fsp3) is 0.538. The van der Waals surface area contributed by atoms with Gasteiger partial charge in [-0.25, -0.2) is 0 Å². The summed E-state index contributed by atoms with van der Waals surface area (Å²) < 4.78 is 11.9. The number of hydrogen-bond donors (Lipinski definition) is 1. The predicted octanol–water partition coefficient (Wildman–Crippen LogP) is 2.13. The van der Waals surface area contributed by atoms with Crippen molar-refractivity contribution in [2.75, 3.05) is 18.1 Å². The van der Waals surface area contributed by atoms with Gasteiger partial charge in [-0.15, -0.1) is 0 Å². The Morgan fingerprint density at radius 3 is 2.31 bits per heavy atom. The van der Waals surface area contributed by atoms with Crippen LogP contribution in [0.1, 0.15) is 25.3 Å². The first-order chi connectivity index (χ1) is 7.63. The van der Waals surface area contributed by atoms with Crippen molar-refractivity contribution in [3.63, 3.8) is 0 Å². The molecule has 1 rings (SSSR count). The van der Waals surface area contributed by atoms with Gasteiger partial charge in [0.05, 0.1) is 0 Å². The van der Waals surface area contributed by atoms with Crippen molar-refractivity contribution >= 4 is 10.8 Å². The summed E-state index contributed by atoms with van der Waals surface area (Å²) in [7, 11) is -0.761. The summed E-state index contributed by atoms with van der Waals surface area (Å²) in [5, 5.41) is 0. The molecule has 2 unspecified atom stereocenters. The van der Waals surface area contributed by atoms with Crippen LogP contribution in [0.5, 0.6) is 0 Å². The maximum absolute atomic E-state index is 11.9. The Labute approximate surface area is 101 Å². The minimum absolute atomic E-state index is 0.223. The van der Waals surface area contributed by atoms with Crippen LogP contribution in [-0.4, -0.2) is 22.3 Å². The zero-order valence-electron chi connectivity index (χ0n) is 10.1. The van der Waals surface area contributed by atoms with Gasteiger partial charge in [-0.1, -0.05) is 44.2 Å². The van der Waals surface area contributed by atoms with Crippen molar-refractivity contribution in [2.24, 2.45) is 11.7 Å². The number of rotatable bonds is 6. The molecule has 2 N–H and O–H groups in total. The minimum atomic E-state index is -0.761. The van der Waals surface area contributed by atoms with Crippen molar-refractivity contribution in [2.45, 2.75) is 19.8 Å². The lowest BCUT2D eigenvalue weighted by Crippen LogP contribution is -2.21. The van der Waals surface area contributed by atoms with Crippen LogP contribution in [0.4, 0.5) is 0 Å². The molecule has 0 spiro atoms. The second-order valence-corrected chi connectivity index (χ2v) is 6.06. The topological polar surface area (TPSA) is 43.1 Å². The number of nitrogens with two attached hydrogens (primary N) is 1. The molecule has 0 amide bonds. The van der Waals surface area contributed by atoms with Gasteiger partial charge in [0.15, 0.2) is 0 Å². The highest BCUT2D eigenvalue weighted by atomic mass is 32.2. The van der Waals surface area contributed by atoms with Gasteiger partial charge in [0.2, 0.25) is 0 Å². The largest absolute Gasteiger partial charge is 0.330 e. The van der Waals surface area contributed by atoms with Crippen molar-refractivity contribution in [1.29, 1.82) is 0 Å². The Morgan fingerprint density at radius 1 is 1.19 bits per heavy atom. The Kier molecular flexibility index (Phi) is 5.71. The van der Waals surface area contributed by atoms with Crippen LogP contribution < -0.4 is 5.73 Å². The van der Waals surface area contributed by atoms with E-state index in [4.69, 9.17) is 5.73 Å². The normalized spacial score (nSPS) is 15.0. The van der Waals surface area contributed by atoms with Gasteiger partial charge in [-0.2, -0.15) is 0 Å². The average molecular weight is 239 g/mol. The van der Waals surface area contributed by atoms with Gasteiger partial charge in [-0.3, -0.25) is 4.21 Å². The van der Waals surface area contributed by atoms with E-state index in [1.165, 1.54) is 5.56 Å². The molecule has 0 aliphatic carbocycles. The molecular formula is C13H21NOS. The van der Waals surface area contributed by atoms with Crippen molar-refractivity contribution in [3.8, 4) is 0 Å². The summed E-state index contributed by atoms with van der Waals surface area (Å²) >= 11 is 0. The van der Waals surface area contributed by atoms with Crippen LogP contribution in [0, 0.1) is 5.92 Å². The first-order valence-electron chi connectivity index (χ1n) is 5.73. The minimum Gasteiger partial charge on any atom is -0.330 e. The smallest absolute Gasteiger partial charge is 0.0315 e. The summed E-state index contributed by atoms with van der Waals surface area (Å²) in [6.45, 7) is 4.75. The van der Waals surface area contributed by atoms with E-state index in [9.17, 15) is 4.21 Å². The molecule has 90 valence electrons. The molecule has 0 saturated carbocycles. The molecule has 0 fully saturated rings. The lowest BCUT2D eigenvalue weighted by Gasteiger charge is -2.15. The molecule has 2 atom stereocenters. The summed E-state index contributed by atoms with van der Waals surface area (Å²) in [6.07, 6.45) is 0. The Morgan fingerprint density at radius 2 is 1.81 bits per heavy atom. The van der Waals surface area contributed by atoms with Crippen molar-refractivity contribution < 1.29 is 4.21 Å². The van der Waals surface area contributed by atoms with Crippen LogP contribution in [0.15, 0.2) is 30.3 Å². The predicted molar refractivity (Wildman–Crippen MR) is 71.0 cm³/mol. The molecule has 1 aromatic carbocycles. The molecule has 2 nitrogen and oxygen atoms in total. The lowest BCUT2D eigenvalue weighted by molar-refractivity contribution is 0.655. The first kappa shape index (κ1) is 13.4. The molecule has 0 saturated heterocycles. The zero-order valence-corrected chi connectivity index (χ0v) is 10.9. The standard InChI is InChI=1S/C13H21NOS/c1-11(2)9-16(15)10-13(8-14)12-6-4-3-5-7-12/h3-7,11,13H,8-10,14H2,1-2H3. The maximum Gasteiger partial charge on any atom is 0.0315 e. The Hall–Kier alpha value is -0.670. The van der Waals surface area contributed by atoms with Gasteiger partial charge in [0, 0.05) is 34.8 Å². The van der Waals surface area contributed by atoms with Crippen LogP contribution in [0.3, 0.4) is 0 Å². The molecule has 0 aliphatic rings. The van der Waals surface area contributed by atoms with Crippen LogP contribution in [0.25, 0.3) is 0 Å². The second-order valence-electron chi connectivity index (χ2n) is 4.51. The van der Waals surface area contributed by atoms with Gasteiger partial charge in [-0.05, 0) is 11.5 Å². The molecule has 3 heteroatoms. The quantitative estimate of drug-likeness (QED) is 0.826. The summed E-state index contributed by atoms with van der Waals surface area (Å²) in [5.74, 6) is 2.15. The molecule has 0 heterocycles. The highest BCUT2D eigenvalue weighted by Crippen LogP contribution is 2.16. The molecule has 0 radical (unpaired) electrons. The van der Waals surface area contributed by atoms with Crippen molar-refractivity contribution in [1.82, 2.24) is 0 Å². The SMILES string of the molecule is CC(C)CS(=O)CC(CN)c1ccccc1. The summed E-state index contributed by atoms with van der Waals surface area (Å²) in [4.78, 5) is 0. The molecule has 1 aromatic rings. The third-order valence-electron chi connectivity index (χ3n) is 2.46.